The van der Waals surface area contributed by atoms with Gasteiger partial charge in [0.25, 0.3) is 0 Å². The maximum absolute atomic E-state index is 11.6. The number of carboxylic acids is 1. The molecule has 3 heteroatoms. The van der Waals surface area contributed by atoms with Gasteiger partial charge >= 0.3 is 5.97 Å². The highest BCUT2D eigenvalue weighted by molar-refractivity contribution is 6.04. The van der Waals surface area contributed by atoms with Gasteiger partial charge in [-0.05, 0) is 25.2 Å². The lowest BCUT2D eigenvalue weighted by Gasteiger charge is -2.43. The Bertz CT molecular complexity index is 255. The minimum Gasteiger partial charge on any atom is -0.480 e. The summed E-state index contributed by atoms with van der Waals surface area (Å²) in [5, 5.41) is 9.08. The molecule has 1 rings (SSSR count). The maximum atomic E-state index is 11.6. The van der Waals surface area contributed by atoms with Crippen LogP contribution in [0.4, 0.5) is 0 Å². The van der Waals surface area contributed by atoms with Crippen LogP contribution in [0, 0.1) is 10.8 Å². The molecular weight excluding hydrogens is 168 g/mol. The van der Waals surface area contributed by atoms with Gasteiger partial charge < -0.3 is 5.11 Å². The number of carboxylic acid groups (broad SMARTS) is 1. The Morgan fingerprint density at radius 2 is 1.92 bits per heavy atom. The van der Waals surface area contributed by atoms with Gasteiger partial charge in [-0.2, -0.15) is 0 Å². The Morgan fingerprint density at radius 1 is 1.38 bits per heavy atom. The van der Waals surface area contributed by atoms with E-state index in [1.54, 1.807) is 6.92 Å². The molecule has 0 radical (unpaired) electrons. The minimum absolute atomic E-state index is 0.128. The van der Waals surface area contributed by atoms with E-state index in [1.165, 1.54) is 0 Å². The number of rotatable bonds is 1. The molecule has 1 unspecified atom stereocenters. The number of aliphatic carboxylic acids is 1. The van der Waals surface area contributed by atoms with Gasteiger partial charge in [0.15, 0.2) is 0 Å². The molecule has 0 amide bonds. The maximum Gasteiger partial charge on any atom is 0.317 e. The molecule has 1 N–H and O–H groups in total. The first-order chi connectivity index (χ1) is 5.82. The van der Waals surface area contributed by atoms with Crippen LogP contribution in [0.5, 0.6) is 0 Å². The molecule has 1 atom stereocenters. The lowest BCUT2D eigenvalue weighted by molar-refractivity contribution is -0.165. The van der Waals surface area contributed by atoms with Gasteiger partial charge in [-0.15, -0.1) is 0 Å². The van der Waals surface area contributed by atoms with Crippen molar-refractivity contribution in [3.63, 3.8) is 0 Å². The second-order valence-corrected chi connectivity index (χ2v) is 4.59. The van der Waals surface area contributed by atoms with E-state index in [0.29, 0.717) is 6.42 Å². The molecule has 74 valence electrons. The quantitative estimate of drug-likeness (QED) is 0.633. The van der Waals surface area contributed by atoms with E-state index >= 15 is 0 Å². The second kappa shape index (κ2) is 2.82. The molecule has 1 aliphatic carbocycles. The highest BCUT2D eigenvalue weighted by Crippen LogP contribution is 2.48. The van der Waals surface area contributed by atoms with E-state index in [4.69, 9.17) is 5.11 Å². The SMILES string of the molecule is CC1(C)CCCC(=O)C1(C)C(=O)O. The van der Waals surface area contributed by atoms with Crippen molar-refractivity contribution in [2.45, 2.75) is 40.0 Å². The zero-order chi connectivity index (χ0) is 10.3. The largest absolute Gasteiger partial charge is 0.480 e. The van der Waals surface area contributed by atoms with Crippen LogP contribution in [-0.2, 0) is 9.59 Å². The van der Waals surface area contributed by atoms with Crippen LogP contribution in [0.3, 0.4) is 0 Å². The Morgan fingerprint density at radius 3 is 2.23 bits per heavy atom. The molecule has 1 saturated carbocycles. The third-order valence-corrected chi connectivity index (χ3v) is 3.54. The fourth-order valence-electron chi connectivity index (χ4n) is 1.98. The van der Waals surface area contributed by atoms with Crippen LogP contribution in [0.1, 0.15) is 40.0 Å². The zero-order valence-corrected chi connectivity index (χ0v) is 8.39. The summed E-state index contributed by atoms with van der Waals surface area (Å²) < 4.78 is 0. The number of carbonyl (C=O) groups excluding carboxylic acids is 1. The predicted molar refractivity (Wildman–Crippen MR) is 48.4 cm³/mol. The lowest BCUT2D eigenvalue weighted by atomic mass is 9.58. The van der Waals surface area contributed by atoms with Gasteiger partial charge in [0.1, 0.15) is 11.2 Å². The molecule has 1 fully saturated rings. The molecule has 3 nitrogen and oxygen atoms in total. The third-order valence-electron chi connectivity index (χ3n) is 3.54. The van der Waals surface area contributed by atoms with E-state index in [-0.39, 0.29) is 5.78 Å². The molecule has 0 aromatic carbocycles. The fourth-order valence-corrected chi connectivity index (χ4v) is 1.98. The fraction of sp³-hybridized carbons (Fsp3) is 0.800. The van der Waals surface area contributed by atoms with Crippen LogP contribution < -0.4 is 0 Å². The van der Waals surface area contributed by atoms with E-state index < -0.39 is 16.8 Å². The third kappa shape index (κ3) is 1.26. The van der Waals surface area contributed by atoms with Gasteiger partial charge in [-0.3, -0.25) is 9.59 Å². The van der Waals surface area contributed by atoms with E-state index in [2.05, 4.69) is 0 Å². The molecule has 0 bridgehead atoms. The van der Waals surface area contributed by atoms with Gasteiger partial charge in [0, 0.05) is 6.42 Å². The Balaban J connectivity index is 3.13. The van der Waals surface area contributed by atoms with Crippen LogP contribution >= 0.6 is 0 Å². The second-order valence-electron chi connectivity index (χ2n) is 4.59. The number of carbonyl (C=O) groups is 2. The Labute approximate surface area is 78.1 Å². The average molecular weight is 184 g/mol. The normalized spacial score (nSPS) is 33.0. The molecule has 13 heavy (non-hydrogen) atoms. The molecular formula is C10H16O3. The summed E-state index contributed by atoms with van der Waals surface area (Å²) in [5.74, 6) is -1.11. The smallest absolute Gasteiger partial charge is 0.317 e. The van der Waals surface area contributed by atoms with Crippen molar-refractivity contribution in [1.82, 2.24) is 0 Å². The van der Waals surface area contributed by atoms with Crippen LogP contribution in [0.15, 0.2) is 0 Å². The van der Waals surface area contributed by atoms with Gasteiger partial charge in [0.05, 0.1) is 0 Å². The number of hydrogen-bond donors (Lipinski definition) is 1. The Kier molecular flexibility index (Phi) is 2.22. The molecule has 0 aromatic heterocycles. The van der Waals surface area contributed by atoms with Crippen molar-refractivity contribution in [3.8, 4) is 0 Å². The standard InChI is InChI=1S/C10H16O3/c1-9(2)6-4-5-7(11)10(9,3)8(12)13/h4-6H2,1-3H3,(H,12,13). The molecule has 0 heterocycles. The molecule has 0 aromatic rings. The topological polar surface area (TPSA) is 54.4 Å². The summed E-state index contributed by atoms with van der Waals surface area (Å²) >= 11 is 0. The predicted octanol–water partition coefficient (Wildman–Crippen LogP) is 1.86. The average Bonchev–Trinajstić information content (AvgIpc) is 1.99. The molecule has 0 aliphatic heterocycles. The van der Waals surface area contributed by atoms with Crippen LogP contribution in [0.2, 0.25) is 0 Å². The highest BCUT2D eigenvalue weighted by atomic mass is 16.4. The molecule has 1 aliphatic rings. The van der Waals surface area contributed by atoms with Crippen molar-refractivity contribution >= 4 is 11.8 Å². The van der Waals surface area contributed by atoms with Crippen molar-refractivity contribution in [2.75, 3.05) is 0 Å². The first-order valence-electron chi connectivity index (χ1n) is 4.59. The number of Topliss-reactive ketones (excluding diaryl/α,β-unsaturated/α-hetero) is 1. The van der Waals surface area contributed by atoms with E-state index in [9.17, 15) is 9.59 Å². The minimum atomic E-state index is -1.19. The van der Waals surface area contributed by atoms with Gasteiger partial charge in [-0.1, -0.05) is 13.8 Å². The van der Waals surface area contributed by atoms with Crippen molar-refractivity contribution in [1.29, 1.82) is 0 Å². The van der Waals surface area contributed by atoms with Crippen molar-refractivity contribution in [3.05, 3.63) is 0 Å². The first-order valence-corrected chi connectivity index (χ1v) is 4.59. The monoisotopic (exact) mass is 184 g/mol. The van der Waals surface area contributed by atoms with Crippen molar-refractivity contribution in [2.24, 2.45) is 10.8 Å². The summed E-state index contributed by atoms with van der Waals surface area (Å²) in [4.78, 5) is 22.7. The van der Waals surface area contributed by atoms with Crippen LogP contribution in [-0.4, -0.2) is 16.9 Å². The van der Waals surface area contributed by atoms with Crippen molar-refractivity contribution < 1.29 is 14.7 Å². The van der Waals surface area contributed by atoms with E-state index in [1.807, 2.05) is 13.8 Å². The summed E-state index contributed by atoms with van der Waals surface area (Å²) in [6.07, 6.45) is 2.03. The highest BCUT2D eigenvalue weighted by Gasteiger charge is 2.54. The molecule has 0 saturated heterocycles. The molecule has 0 spiro atoms. The first kappa shape index (κ1) is 10.2. The van der Waals surface area contributed by atoms with E-state index in [0.717, 1.165) is 12.8 Å². The summed E-state index contributed by atoms with van der Waals surface area (Å²) in [5.41, 5.74) is -1.61. The number of ketones is 1. The van der Waals surface area contributed by atoms with Gasteiger partial charge in [-0.25, -0.2) is 0 Å². The summed E-state index contributed by atoms with van der Waals surface area (Å²) in [6.45, 7) is 5.27. The zero-order valence-electron chi connectivity index (χ0n) is 8.39. The summed E-state index contributed by atoms with van der Waals surface area (Å²) in [6, 6.07) is 0. The summed E-state index contributed by atoms with van der Waals surface area (Å²) in [7, 11) is 0. The number of hydrogen-bond acceptors (Lipinski definition) is 2. The lowest BCUT2D eigenvalue weighted by Crippen LogP contribution is -2.50. The Hall–Kier alpha value is -0.860. The van der Waals surface area contributed by atoms with Crippen LogP contribution in [0.25, 0.3) is 0 Å². The van der Waals surface area contributed by atoms with Gasteiger partial charge in [0.2, 0.25) is 0 Å².